The Morgan fingerprint density at radius 1 is 1.20 bits per heavy atom. The van der Waals surface area contributed by atoms with Crippen LogP contribution in [0.15, 0.2) is 46.6 Å². The summed E-state index contributed by atoms with van der Waals surface area (Å²) in [6, 6.07) is 9.31. The molecule has 0 saturated carbocycles. The van der Waals surface area contributed by atoms with Gasteiger partial charge in [0.25, 0.3) is 0 Å². The topological polar surface area (TPSA) is 51.8 Å². The van der Waals surface area contributed by atoms with Crippen LogP contribution in [0.2, 0.25) is 5.02 Å². The van der Waals surface area contributed by atoms with Gasteiger partial charge in [-0.2, -0.15) is 0 Å². The predicted molar refractivity (Wildman–Crippen MR) is 62.0 cm³/mol. The van der Waals surface area contributed by atoms with Gasteiger partial charge < -0.3 is 5.73 Å². The molecule has 0 saturated heterocycles. The van der Waals surface area contributed by atoms with Crippen molar-refractivity contribution in [2.45, 2.75) is 9.92 Å². The average molecular weight is 238 g/mol. The van der Waals surface area contributed by atoms with Crippen LogP contribution >= 0.6 is 23.4 Å². The number of benzene rings is 1. The van der Waals surface area contributed by atoms with Crippen LogP contribution in [-0.2, 0) is 0 Å². The van der Waals surface area contributed by atoms with Crippen molar-refractivity contribution in [3.05, 3.63) is 41.7 Å². The van der Waals surface area contributed by atoms with Gasteiger partial charge in [0, 0.05) is 11.0 Å². The zero-order chi connectivity index (χ0) is 10.7. The molecule has 3 nitrogen and oxygen atoms in total. The maximum atomic E-state index is 6.02. The van der Waals surface area contributed by atoms with Gasteiger partial charge in [0.1, 0.15) is 17.2 Å². The monoisotopic (exact) mass is 237 g/mol. The van der Waals surface area contributed by atoms with Crippen LogP contribution in [0.25, 0.3) is 0 Å². The van der Waals surface area contributed by atoms with Crippen LogP contribution in [0.5, 0.6) is 0 Å². The second kappa shape index (κ2) is 4.51. The minimum absolute atomic E-state index is 0.458. The van der Waals surface area contributed by atoms with Gasteiger partial charge in [0.05, 0.1) is 5.02 Å². The molecular formula is C10H8ClN3S. The van der Waals surface area contributed by atoms with Crippen molar-refractivity contribution < 1.29 is 0 Å². The molecule has 0 radical (unpaired) electrons. The van der Waals surface area contributed by atoms with E-state index in [2.05, 4.69) is 9.97 Å². The molecule has 0 unspecified atom stereocenters. The molecule has 2 aromatic rings. The summed E-state index contributed by atoms with van der Waals surface area (Å²) in [6.45, 7) is 0. The summed E-state index contributed by atoms with van der Waals surface area (Å²) in [4.78, 5) is 8.87. The van der Waals surface area contributed by atoms with Crippen molar-refractivity contribution >= 4 is 29.2 Å². The highest BCUT2D eigenvalue weighted by atomic mass is 35.5. The van der Waals surface area contributed by atoms with Gasteiger partial charge in [-0.1, -0.05) is 35.5 Å². The van der Waals surface area contributed by atoms with Crippen molar-refractivity contribution in [3.63, 3.8) is 0 Å². The standard InChI is InChI=1S/C10H8ClN3S/c11-7-3-1-2-4-8(7)15-10-5-9(12)13-6-14-10/h1-6H,(H2,12,13,14). The van der Waals surface area contributed by atoms with Crippen molar-refractivity contribution in [2.75, 3.05) is 5.73 Å². The molecule has 0 spiro atoms. The van der Waals surface area contributed by atoms with Crippen LogP contribution in [0.4, 0.5) is 5.82 Å². The summed E-state index contributed by atoms with van der Waals surface area (Å²) in [5.41, 5.74) is 5.55. The van der Waals surface area contributed by atoms with E-state index in [0.29, 0.717) is 10.8 Å². The summed E-state index contributed by atoms with van der Waals surface area (Å²) >= 11 is 7.48. The molecule has 0 bridgehead atoms. The van der Waals surface area contributed by atoms with Crippen LogP contribution in [-0.4, -0.2) is 9.97 Å². The number of rotatable bonds is 2. The van der Waals surface area contributed by atoms with Gasteiger partial charge in [0.15, 0.2) is 0 Å². The lowest BCUT2D eigenvalue weighted by atomic mass is 10.4. The largest absolute Gasteiger partial charge is 0.384 e. The zero-order valence-electron chi connectivity index (χ0n) is 7.72. The van der Waals surface area contributed by atoms with Crippen molar-refractivity contribution in [1.29, 1.82) is 0 Å². The van der Waals surface area contributed by atoms with E-state index >= 15 is 0 Å². The molecule has 0 amide bonds. The Hall–Kier alpha value is -1.26. The third-order valence-corrected chi connectivity index (χ3v) is 3.16. The minimum atomic E-state index is 0.458. The van der Waals surface area contributed by atoms with Crippen LogP contribution < -0.4 is 5.73 Å². The highest BCUT2D eigenvalue weighted by molar-refractivity contribution is 7.99. The predicted octanol–water partition coefficient (Wildman–Crippen LogP) is 2.86. The molecule has 0 aliphatic rings. The minimum Gasteiger partial charge on any atom is -0.384 e. The fraction of sp³-hybridized carbons (Fsp3) is 0. The quantitative estimate of drug-likeness (QED) is 0.816. The van der Waals surface area contributed by atoms with E-state index in [1.54, 1.807) is 6.07 Å². The first-order valence-corrected chi connectivity index (χ1v) is 5.45. The fourth-order valence-electron chi connectivity index (χ4n) is 1.05. The van der Waals surface area contributed by atoms with Crippen molar-refractivity contribution in [3.8, 4) is 0 Å². The number of anilines is 1. The normalized spacial score (nSPS) is 10.2. The maximum Gasteiger partial charge on any atom is 0.127 e. The molecule has 1 aromatic carbocycles. The van der Waals surface area contributed by atoms with E-state index in [1.165, 1.54) is 18.1 Å². The number of nitrogens with zero attached hydrogens (tertiary/aromatic N) is 2. The number of nitrogen functional groups attached to an aromatic ring is 1. The molecule has 0 aliphatic carbocycles. The van der Waals surface area contributed by atoms with Crippen molar-refractivity contribution in [2.24, 2.45) is 0 Å². The van der Waals surface area contributed by atoms with Crippen LogP contribution in [0.3, 0.4) is 0 Å². The Labute approximate surface area is 96.7 Å². The SMILES string of the molecule is Nc1cc(Sc2ccccc2Cl)ncn1. The van der Waals surface area contributed by atoms with E-state index in [0.717, 1.165) is 9.92 Å². The zero-order valence-corrected chi connectivity index (χ0v) is 9.29. The lowest BCUT2D eigenvalue weighted by Gasteiger charge is -2.02. The average Bonchev–Trinajstić information content (AvgIpc) is 2.22. The van der Waals surface area contributed by atoms with Gasteiger partial charge in [-0.05, 0) is 12.1 Å². The first kappa shape index (κ1) is 10.3. The van der Waals surface area contributed by atoms with E-state index in [1.807, 2.05) is 24.3 Å². The molecule has 0 aliphatic heterocycles. The van der Waals surface area contributed by atoms with Crippen molar-refractivity contribution in [1.82, 2.24) is 9.97 Å². The fourth-order valence-corrected chi connectivity index (χ4v) is 2.12. The summed E-state index contributed by atoms with van der Waals surface area (Å²) in [7, 11) is 0. The Balaban J connectivity index is 2.26. The summed E-state index contributed by atoms with van der Waals surface area (Å²) in [6.07, 6.45) is 1.44. The molecule has 0 fully saturated rings. The molecule has 76 valence electrons. The van der Waals surface area contributed by atoms with Crippen LogP contribution in [0, 0.1) is 0 Å². The smallest absolute Gasteiger partial charge is 0.127 e. The number of hydrogen-bond donors (Lipinski definition) is 1. The molecular weight excluding hydrogens is 230 g/mol. The van der Waals surface area contributed by atoms with E-state index < -0.39 is 0 Å². The van der Waals surface area contributed by atoms with Crippen LogP contribution in [0.1, 0.15) is 0 Å². The maximum absolute atomic E-state index is 6.02. The molecule has 1 aromatic heterocycles. The number of aromatic nitrogens is 2. The van der Waals surface area contributed by atoms with Gasteiger partial charge in [0.2, 0.25) is 0 Å². The number of nitrogens with two attached hydrogens (primary N) is 1. The Bertz CT molecular complexity index is 476. The Kier molecular flexibility index (Phi) is 3.08. The molecule has 0 atom stereocenters. The number of hydrogen-bond acceptors (Lipinski definition) is 4. The molecule has 2 N–H and O–H groups in total. The third kappa shape index (κ3) is 2.61. The molecule has 5 heteroatoms. The lowest BCUT2D eigenvalue weighted by Crippen LogP contribution is -1.91. The molecule has 1 heterocycles. The van der Waals surface area contributed by atoms with E-state index in [9.17, 15) is 0 Å². The van der Waals surface area contributed by atoms with E-state index in [-0.39, 0.29) is 0 Å². The second-order valence-electron chi connectivity index (χ2n) is 2.81. The Morgan fingerprint density at radius 2 is 2.00 bits per heavy atom. The number of halogens is 1. The summed E-state index contributed by atoms with van der Waals surface area (Å²) in [5.74, 6) is 0.458. The van der Waals surface area contributed by atoms with Gasteiger partial charge >= 0.3 is 0 Å². The van der Waals surface area contributed by atoms with E-state index in [4.69, 9.17) is 17.3 Å². The summed E-state index contributed by atoms with van der Waals surface area (Å²) < 4.78 is 0. The Morgan fingerprint density at radius 3 is 2.73 bits per heavy atom. The van der Waals surface area contributed by atoms with Gasteiger partial charge in [-0.3, -0.25) is 0 Å². The highest BCUT2D eigenvalue weighted by Crippen LogP contribution is 2.31. The second-order valence-corrected chi connectivity index (χ2v) is 4.28. The highest BCUT2D eigenvalue weighted by Gasteiger charge is 2.03. The molecule has 2 rings (SSSR count). The molecule has 15 heavy (non-hydrogen) atoms. The lowest BCUT2D eigenvalue weighted by molar-refractivity contribution is 1.05. The third-order valence-electron chi connectivity index (χ3n) is 1.71. The van der Waals surface area contributed by atoms with Gasteiger partial charge in [-0.25, -0.2) is 9.97 Å². The van der Waals surface area contributed by atoms with Gasteiger partial charge in [-0.15, -0.1) is 0 Å². The summed E-state index contributed by atoms with van der Waals surface area (Å²) in [5, 5.41) is 1.50. The first-order valence-electron chi connectivity index (χ1n) is 4.25. The first-order chi connectivity index (χ1) is 7.25.